The van der Waals surface area contributed by atoms with Crippen LogP contribution in [0.3, 0.4) is 0 Å². The molecule has 0 radical (unpaired) electrons. The van der Waals surface area contributed by atoms with Crippen molar-refractivity contribution in [2.45, 2.75) is 38.1 Å². The molecule has 0 fully saturated rings. The summed E-state index contributed by atoms with van der Waals surface area (Å²) in [5, 5.41) is 2.66. The quantitative estimate of drug-likeness (QED) is 0.637. The van der Waals surface area contributed by atoms with Crippen molar-refractivity contribution in [3.63, 3.8) is 0 Å². The molecule has 0 aromatic heterocycles. The molecule has 1 atom stereocenters. The van der Waals surface area contributed by atoms with E-state index in [4.69, 9.17) is 4.74 Å². The molecule has 0 spiro atoms. The Morgan fingerprint density at radius 1 is 1.17 bits per heavy atom. The van der Waals surface area contributed by atoms with Crippen molar-refractivity contribution < 1.29 is 27.1 Å². The van der Waals surface area contributed by atoms with Gasteiger partial charge in [0.1, 0.15) is 5.82 Å². The number of aryl methyl sites for hydroxylation is 1. The summed E-state index contributed by atoms with van der Waals surface area (Å²) in [7, 11) is -4.06. The minimum atomic E-state index is -4.06. The first kappa shape index (κ1) is 22.4. The summed E-state index contributed by atoms with van der Waals surface area (Å²) in [6.07, 6.45) is 0.729. The Kier molecular flexibility index (Phi) is 7.33. The van der Waals surface area contributed by atoms with Crippen LogP contribution in [-0.2, 0) is 19.6 Å². The SMILES string of the molecule is CC[C@@H](C)NC(=O)COC(=O)c1ccccc1NS(=O)(=O)c1ccc(F)c(C)c1. The Morgan fingerprint density at radius 3 is 2.52 bits per heavy atom. The number of carbonyl (C=O) groups is 2. The third-order valence-corrected chi connectivity index (χ3v) is 5.55. The molecule has 9 heteroatoms. The van der Waals surface area contributed by atoms with E-state index in [9.17, 15) is 22.4 Å². The van der Waals surface area contributed by atoms with Crippen molar-refractivity contribution in [1.29, 1.82) is 0 Å². The molecule has 0 saturated carbocycles. The molecule has 0 unspecified atom stereocenters. The zero-order valence-corrected chi connectivity index (χ0v) is 17.2. The molecule has 7 nitrogen and oxygen atoms in total. The summed E-state index contributed by atoms with van der Waals surface area (Å²) in [4.78, 5) is 24.0. The van der Waals surface area contributed by atoms with Gasteiger partial charge in [-0.2, -0.15) is 0 Å². The monoisotopic (exact) mass is 422 g/mol. The van der Waals surface area contributed by atoms with Crippen molar-refractivity contribution in [3.8, 4) is 0 Å². The highest BCUT2D eigenvalue weighted by molar-refractivity contribution is 7.92. The second kappa shape index (κ2) is 9.51. The lowest BCUT2D eigenvalue weighted by molar-refractivity contribution is -0.124. The molecular formula is C20H23FN2O5S. The molecule has 0 bridgehead atoms. The number of anilines is 1. The van der Waals surface area contributed by atoms with E-state index in [0.717, 1.165) is 18.6 Å². The van der Waals surface area contributed by atoms with Gasteiger partial charge in [-0.3, -0.25) is 9.52 Å². The number of amides is 1. The number of carbonyl (C=O) groups excluding carboxylic acids is 2. The second-order valence-electron chi connectivity index (χ2n) is 6.52. The number of para-hydroxylation sites is 1. The Bertz CT molecular complexity index is 1010. The molecule has 2 aromatic carbocycles. The summed E-state index contributed by atoms with van der Waals surface area (Å²) >= 11 is 0. The average Bonchev–Trinajstić information content (AvgIpc) is 2.68. The number of ether oxygens (including phenoxy) is 1. The predicted octanol–water partition coefficient (Wildman–Crippen LogP) is 3.01. The average molecular weight is 422 g/mol. The molecule has 2 aromatic rings. The Morgan fingerprint density at radius 2 is 1.86 bits per heavy atom. The zero-order valence-electron chi connectivity index (χ0n) is 16.4. The molecule has 0 saturated heterocycles. The fourth-order valence-corrected chi connectivity index (χ4v) is 3.53. The molecule has 0 aliphatic heterocycles. The van der Waals surface area contributed by atoms with Crippen LogP contribution in [0.5, 0.6) is 0 Å². The fourth-order valence-electron chi connectivity index (χ4n) is 2.37. The highest BCUT2D eigenvalue weighted by Gasteiger charge is 2.20. The van der Waals surface area contributed by atoms with Crippen molar-refractivity contribution >= 4 is 27.6 Å². The minimum Gasteiger partial charge on any atom is -0.452 e. The Balaban J connectivity index is 2.16. The highest BCUT2D eigenvalue weighted by Crippen LogP contribution is 2.22. The number of hydrogen-bond donors (Lipinski definition) is 2. The second-order valence-corrected chi connectivity index (χ2v) is 8.20. The summed E-state index contributed by atoms with van der Waals surface area (Å²) in [5.74, 6) is -1.82. The number of rotatable bonds is 8. The fraction of sp³-hybridized carbons (Fsp3) is 0.300. The van der Waals surface area contributed by atoms with Gasteiger partial charge in [-0.1, -0.05) is 19.1 Å². The standard InChI is InChI=1S/C20H23FN2O5S/c1-4-14(3)22-19(24)12-28-20(25)16-7-5-6-8-18(16)23-29(26,27)15-9-10-17(21)13(2)11-15/h5-11,14,23H,4,12H2,1-3H3,(H,22,24)/t14-/m1/s1. The zero-order chi connectivity index (χ0) is 21.6. The topological polar surface area (TPSA) is 102 Å². The van der Waals surface area contributed by atoms with Gasteiger partial charge >= 0.3 is 5.97 Å². The normalized spacial score (nSPS) is 12.1. The number of nitrogens with one attached hydrogen (secondary N) is 2. The van der Waals surface area contributed by atoms with Gasteiger partial charge in [-0.05, 0) is 56.2 Å². The first-order valence-electron chi connectivity index (χ1n) is 8.98. The maximum absolute atomic E-state index is 13.4. The van der Waals surface area contributed by atoms with Crippen LogP contribution >= 0.6 is 0 Å². The van der Waals surface area contributed by atoms with Crippen molar-refractivity contribution in [1.82, 2.24) is 5.32 Å². The van der Waals surface area contributed by atoms with Gasteiger partial charge in [-0.25, -0.2) is 17.6 Å². The smallest absolute Gasteiger partial charge is 0.340 e. The van der Waals surface area contributed by atoms with Gasteiger partial charge in [0.05, 0.1) is 16.1 Å². The lowest BCUT2D eigenvalue weighted by Crippen LogP contribution is -2.35. The van der Waals surface area contributed by atoms with Gasteiger partial charge in [0.15, 0.2) is 6.61 Å². The molecule has 2 rings (SSSR count). The van der Waals surface area contributed by atoms with Crippen LogP contribution < -0.4 is 10.0 Å². The minimum absolute atomic E-state index is 0.0122. The Labute approximate surface area is 169 Å². The van der Waals surface area contributed by atoms with Crippen LogP contribution in [0.4, 0.5) is 10.1 Å². The Hall–Kier alpha value is -2.94. The molecular weight excluding hydrogens is 399 g/mol. The van der Waals surface area contributed by atoms with E-state index in [0.29, 0.717) is 0 Å². The number of hydrogen-bond acceptors (Lipinski definition) is 5. The van der Waals surface area contributed by atoms with Crippen molar-refractivity contribution in [2.24, 2.45) is 0 Å². The number of sulfonamides is 1. The maximum atomic E-state index is 13.4. The molecule has 156 valence electrons. The molecule has 29 heavy (non-hydrogen) atoms. The van der Waals surface area contributed by atoms with E-state index in [1.54, 1.807) is 6.07 Å². The molecule has 0 aliphatic rings. The van der Waals surface area contributed by atoms with E-state index in [1.165, 1.54) is 31.2 Å². The lowest BCUT2D eigenvalue weighted by atomic mass is 10.2. The lowest BCUT2D eigenvalue weighted by Gasteiger charge is -2.14. The summed E-state index contributed by atoms with van der Waals surface area (Å²) in [5.41, 5.74) is 0.112. The third kappa shape index (κ3) is 6.02. The van der Waals surface area contributed by atoms with Gasteiger partial charge in [0.2, 0.25) is 0 Å². The summed E-state index contributed by atoms with van der Waals surface area (Å²) in [6, 6.07) is 9.17. The molecule has 2 N–H and O–H groups in total. The molecule has 0 heterocycles. The van der Waals surface area contributed by atoms with Crippen molar-refractivity contribution in [2.75, 3.05) is 11.3 Å². The predicted molar refractivity (Wildman–Crippen MR) is 107 cm³/mol. The van der Waals surface area contributed by atoms with E-state index < -0.39 is 34.3 Å². The maximum Gasteiger partial charge on any atom is 0.340 e. The van der Waals surface area contributed by atoms with Crippen LogP contribution in [0.1, 0.15) is 36.2 Å². The van der Waals surface area contributed by atoms with Gasteiger partial charge in [0.25, 0.3) is 15.9 Å². The van der Waals surface area contributed by atoms with E-state index >= 15 is 0 Å². The van der Waals surface area contributed by atoms with Crippen LogP contribution in [0.15, 0.2) is 47.4 Å². The van der Waals surface area contributed by atoms with Crippen molar-refractivity contribution in [3.05, 3.63) is 59.4 Å². The first-order chi connectivity index (χ1) is 13.6. The van der Waals surface area contributed by atoms with Gasteiger partial charge in [-0.15, -0.1) is 0 Å². The third-order valence-electron chi connectivity index (χ3n) is 4.19. The highest BCUT2D eigenvalue weighted by atomic mass is 32.2. The largest absolute Gasteiger partial charge is 0.452 e. The summed E-state index contributed by atoms with van der Waals surface area (Å²) in [6.45, 7) is 4.69. The number of benzene rings is 2. The van der Waals surface area contributed by atoms with Crippen LogP contribution in [-0.4, -0.2) is 32.9 Å². The van der Waals surface area contributed by atoms with E-state index in [2.05, 4.69) is 10.0 Å². The molecule has 0 aliphatic carbocycles. The van der Waals surface area contributed by atoms with Crippen LogP contribution in [0.2, 0.25) is 0 Å². The van der Waals surface area contributed by atoms with Crippen LogP contribution in [0.25, 0.3) is 0 Å². The first-order valence-corrected chi connectivity index (χ1v) is 10.5. The number of halogens is 1. The van der Waals surface area contributed by atoms with Gasteiger partial charge < -0.3 is 10.1 Å². The van der Waals surface area contributed by atoms with E-state index in [1.807, 2.05) is 13.8 Å². The van der Waals surface area contributed by atoms with Gasteiger partial charge in [0, 0.05) is 6.04 Å². The van der Waals surface area contributed by atoms with E-state index in [-0.39, 0.29) is 27.8 Å². The summed E-state index contributed by atoms with van der Waals surface area (Å²) < 4.78 is 46.0. The molecule has 1 amide bonds. The van der Waals surface area contributed by atoms with Crippen LogP contribution in [0, 0.1) is 12.7 Å². The number of esters is 1.